The lowest BCUT2D eigenvalue weighted by molar-refractivity contribution is 0.445. The molecular weight excluding hydrogens is 110 g/mol. The molecule has 1 heteroatoms. The minimum absolute atomic E-state index is 0.194. The van der Waals surface area contributed by atoms with Crippen LogP contribution in [0.2, 0.25) is 0 Å². The summed E-state index contributed by atoms with van der Waals surface area (Å²) >= 11 is 0. The quantitative estimate of drug-likeness (QED) is 0.574. The Bertz CT molecular complexity index is 74.6. The van der Waals surface area contributed by atoms with Gasteiger partial charge in [0.05, 0.1) is 0 Å². The van der Waals surface area contributed by atoms with Gasteiger partial charge in [0.15, 0.2) is 0 Å². The summed E-state index contributed by atoms with van der Waals surface area (Å²) in [4.78, 5) is 0. The van der Waals surface area contributed by atoms with Gasteiger partial charge < -0.3 is 5.73 Å². The lowest BCUT2D eigenvalue weighted by Gasteiger charge is -2.16. The maximum absolute atomic E-state index is 5.72. The number of hydrogen-bond acceptors (Lipinski definition) is 1. The van der Waals surface area contributed by atoms with E-state index in [0.29, 0.717) is 5.92 Å². The first-order valence-electron chi connectivity index (χ1n) is 3.64. The van der Waals surface area contributed by atoms with Gasteiger partial charge >= 0.3 is 0 Å². The summed E-state index contributed by atoms with van der Waals surface area (Å²) in [7, 11) is 0. The van der Waals surface area contributed by atoms with Crippen LogP contribution in [-0.2, 0) is 0 Å². The van der Waals surface area contributed by atoms with Crippen molar-refractivity contribution >= 4 is 0 Å². The van der Waals surface area contributed by atoms with Gasteiger partial charge in [0.25, 0.3) is 0 Å². The third-order valence-electron chi connectivity index (χ3n) is 1.87. The first-order valence-corrected chi connectivity index (χ1v) is 3.64. The third kappa shape index (κ3) is 2.66. The summed E-state index contributed by atoms with van der Waals surface area (Å²) in [6, 6.07) is 0.194. The molecule has 1 atom stereocenters. The van der Waals surface area contributed by atoms with Crippen molar-refractivity contribution in [1.29, 1.82) is 0 Å². The van der Waals surface area contributed by atoms with Gasteiger partial charge in [-0.3, -0.25) is 0 Å². The zero-order valence-electron chi connectivity index (χ0n) is 6.43. The fraction of sp³-hybridized carbons (Fsp3) is 0.750. The molecule has 9 heavy (non-hydrogen) atoms. The summed E-state index contributed by atoms with van der Waals surface area (Å²) in [5.41, 5.74) is 5.72. The monoisotopic (exact) mass is 127 g/mol. The van der Waals surface area contributed by atoms with Crippen LogP contribution in [0.3, 0.4) is 0 Å². The molecule has 0 rings (SSSR count). The Balaban J connectivity index is 3.63. The molecule has 54 valence electrons. The van der Waals surface area contributed by atoms with Gasteiger partial charge in [0, 0.05) is 6.04 Å². The summed E-state index contributed by atoms with van der Waals surface area (Å²) in [6.07, 6.45) is 4.14. The molecule has 0 amide bonds. The fourth-order valence-corrected chi connectivity index (χ4v) is 1.03. The van der Waals surface area contributed by atoms with Crippen LogP contribution in [0.25, 0.3) is 0 Å². The smallest absolute Gasteiger partial charge is 0.0249 e. The molecule has 0 radical (unpaired) electrons. The Morgan fingerprint density at radius 3 is 2.00 bits per heavy atom. The minimum Gasteiger partial charge on any atom is -0.324 e. The predicted molar refractivity (Wildman–Crippen MR) is 42.2 cm³/mol. The van der Waals surface area contributed by atoms with Crippen LogP contribution in [0.1, 0.15) is 26.7 Å². The van der Waals surface area contributed by atoms with Crippen LogP contribution in [-0.4, -0.2) is 6.04 Å². The van der Waals surface area contributed by atoms with Gasteiger partial charge in [0.1, 0.15) is 0 Å². The maximum Gasteiger partial charge on any atom is 0.0249 e. The summed E-state index contributed by atoms with van der Waals surface area (Å²) in [5.74, 6) is 0.627. The largest absolute Gasteiger partial charge is 0.324 e. The van der Waals surface area contributed by atoms with Crippen LogP contribution in [0.15, 0.2) is 12.7 Å². The zero-order valence-corrected chi connectivity index (χ0v) is 6.43. The van der Waals surface area contributed by atoms with Gasteiger partial charge in [0.2, 0.25) is 0 Å². The molecule has 0 fully saturated rings. The van der Waals surface area contributed by atoms with Crippen molar-refractivity contribution in [3.63, 3.8) is 0 Å². The average molecular weight is 127 g/mol. The molecule has 1 unspecified atom stereocenters. The second-order valence-electron chi connectivity index (χ2n) is 2.39. The van der Waals surface area contributed by atoms with Gasteiger partial charge in [-0.1, -0.05) is 32.8 Å². The van der Waals surface area contributed by atoms with Crippen molar-refractivity contribution in [3.05, 3.63) is 12.7 Å². The van der Waals surface area contributed by atoms with E-state index in [4.69, 9.17) is 5.73 Å². The van der Waals surface area contributed by atoms with Crippen molar-refractivity contribution in [2.24, 2.45) is 11.7 Å². The van der Waals surface area contributed by atoms with Crippen LogP contribution in [0.5, 0.6) is 0 Å². The Hall–Kier alpha value is -0.300. The van der Waals surface area contributed by atoms with E-state index in [1.165, 1.54) is 0 Å². The van der Waals surface area contributed by atoms with E-state index in [0.717, 1.165) is 12.8 Å². The van der Waals surface area contributed by atoms with Crippen molar-refractivity contribution in [1.82, 2.24) is 0 Å². The molecule has 0 saturated carbocycles. The van der Waals surface area contributed by atoms with Crippen molar-refractivity contribution < 1.29 is 0 Å². The van der Waals surface area contributed by atoms with E-state index in [1.807, 2.05) is 6.08 Å². The van der Waals surface area contributed by atoms with Gasteiger partial charge in [-0.15, -0.1) is 6.58 Å². The Labute approximate surface area is 57.9 Å². The molecule has 0 aliphatic carbocycles. The van der Waals surface area contributed by atoms with E-state index in [9.17, 15) is 0 Å². The highest BCUT2D eigenvalue weighted by Gasteiger charge is 2.08. The predicted octanol–water partition coefficient (Wildman–Crippen LogP) is 1.94. The molecule has 0 aliphatic rings. The Morgan fingerprint density at radius 1 is 1.44 bits per heavy atom. The zero-order chi connectivity index (χ0) is 7.28. The average Bonchev–Trinajstić information content (AvgIpc) is 1.90. The Kier molecular flexibility index (Phi) is 4.41. The number of nitrogens with two attached hydrogens (primary N) is 1. The Morgan fingerprint density at radius 2 is 1.89 bits per heavy atom. The second-order valence-corrected chi connectivity index (χ2v) is 2.39. The molecule has 0 aromatic heterocycles. The lowest BCUT2D eigenvalue weighted by atomic mass is 9.95. The van der Waals surface area contributed by atoms with E-state index in [1.54, 1.807) is 0 Å². The first kappa shape index (κ1) is 8.70. The first-order chi connectivity index (χ1) is 4.26. The molecule has 0 heterocycles. The highest BCUT2D eigenvalue weighted by Crippen LogP contribution is 2.11. The standard InChI is InChI=1S/C8H17N/c1-4-7(5-2)8(9)6-3/h6-8H,3-5,9H2,1-2H3. The molecule has 0 spiro atoms. The van der Waals surface area contributed by atoms with Gasteiger partial charge in [-0.2, -0.15) is 0 Å². The molecule has 2 N–H and O–H groups in total. The second kappa shape index (κ2) is 4.57. The molecule has 0 bridgehead atoms. The van der Waals surface area contributed by atoms with E-state index in [-0.39, 0.29) is 6.04 Å². The van der Waals surface area contributed by atoms with E-state index < -0.39 is 0 Å². The topological polar surface area (TPSA) is 26.0 Å². The normalized spacial score (nSPS) is 13.8. The summed E-state index contributed by atoms with van der Waals surface area (Å²) < 4.78 is 0. The molecule has 0 aliphatic heterocycles. The number of rotatable bonds is 4. The fourth-order valence-electron chi connectivity index (χ4n) is 1.03. The van der Waals surface area contributed by atoms with Crippen LogP contribution < -0.4 is 5.73 Å². The highest BCUT2D eigenvalue weighted by molar-refractivity contribution is 4.86. The van der Waals surface area contributed by atoms with Crippen molar-refractivity contribution in [2.75, 3.05) is 0 Å². The number of hydrogen-bond donors (Lipinski definition) is 1. The molecule has 0 saturated heterocycles. The third-order valence-corrected chi connectivity index (χ3v) is 1.87. The van der Waals surface area contributed by atoms with Crippen LogP contribution in [0.4, 0.5) is 0 Å². The van der Waals surface area contributed by atoms with E-state index >= 15 is 0 Å². The summed E-state index contributed by atoms with van der Waals surface area (Å²) in [5, 5.41) is 0. The maximum atomic E-state index is 5.72. The van der Waals surface area contributed by atoms with Crippen molar-refractivity contribution in [2.45, 2.75) is 32.7 Å². The van der Waals surface area contributed by atoms with Gasteiger partial charge in [-0.25, -0.2) is 0 Å². The van der Waals surface area contributed by atoms with Crippen LogP contribution in [0, 0.1) is 5.92 Å². The highest BCUT2D eigenvalue weighted by atomic mass is 14.6. The molecule has 0 aromatic carbocycles. The molecule has 1 nitrogen and oxygen atoms in total. The van der Waals surface area contributed by atoms with Crippen LogP contribution >= 0.6 is 0 Å². The van der Waals surface area contributed by atoms with E-state index in [2.05, 4.69) is 20.4 Å². The van der Waals surface area contributed by atoms with Gasteiger partial charge in [-0.05, 0) is 5.92 Å². The molecule has 0 aromatic rings. The minimum atomic E-state index is 0.194. The lowest BCUT2D eigenvalue weighted by Crippen LogP contribution is -2.26. The van der Waals surface area contributed by atoms with Crippen molar-refractivity contribution in [3.8, 4) is 0 Å². The SMILES string of the molecule is C=CC(N)C(CC)CC. The molecular formula is C8H17N. The summed E-state index contributed by atoms with van der Waals surface area (Å²) in [6.45, 7) is 7.98.